The Kier molecular flexibility index (Phi) is 4.97. The van der Waals surface area contributed by atoms with Gasteiger partial charge in [0.2, 0.25) is 0 Å². The Labute approximate surface area is 206 Å². The van der Waals surface area contributed by atoms with Crippen molar-refractivity contribution in [1.29, 1.82) is 0 Å². The maximum atomic E-state index is 13.3. The van der Waals surface area contributed by atoms with Crippen molar-refractivity contribution >= 4 is 11.8 Å². The number of Topliss-reactive ketones (excluding diaryl/α,β-unsaturated/α-hetero) is 1. The third-order valence-electron chi connectivity index (χ3n) is 10.6. The van der Waals surface area contributed by atoms with Crippen LogP contribution in [0, 0.1) is 23.2 Å². The number of hydrogen-bond acceptors (Lipinski definition) is 7. The number of carbonyl (C=O) groups is 2. The van der Waals surface area contributed by atoms with Gasteiger partial charge in [0.15, 0.2) is 12.1 Å². The SMILES string of the molecule is CC1=C(C)C(=O)OC(C2(C)OC(O)C34CCC5C(CC=C6C=CCC(=O)C65C)C(O)(CCC23)O4)C1. The number of rotatable bonds is 1. The summed E-state index contributed by atoms with van der Waals surface area (Å²) in [4.78, 5) is 25.8. The van der Waals surface area contributed by atoms with E-state index >= 15 is 0 Å². The second-order valence-electron chi connectivity index (χ2n) is 12.0. The molecule has 1 spiro atoms. The number of aliphatic hydroxyl groups excluding tert-OH is 1. The molecule has 0 saturated carbocycles. The van der Waals surface area contributed by atoms with Crippen LogP contribution in [0.15, 0.2) is 34.9 Å². The summed E-state index contributed by atoms with van der Waals surface area (Å²) in [6, 6.07) is 0. The van der Waals surface area contributed by atoms with Gasteiger partial charge in [-0.2, -0.15) is 0 Å². The number of aliphatic hydroxyl groups is 2. The van der Waals surface area contributed by atoms with E-state index in [1.165, 1.54) is 0 Å². The summed E-state index contributed by atoms with van der Waals surface area (Å²) in [6.45, 7) is 7.62. The number of hydrogen-bond donors (Lipinski definition) is 2. The summed E-state index contributed by atoms with van der Waals surface area (Å²) < 4.78 is 18.7. The fourth-order valence-electron chi connectivity index (χ4n) is 8.29. The first kappa shape index (κ1) is 23.6. The molecule has 2 bridgehead atoms. The van der Waals surface area contributed by atoms with Crippen LogP contribution in [0.25, 0.3) is 0 Å². The minimum Gasteiger partial charge on any atom is -0.456 e. The van der Waals surface area contributed by atoms with Crippen molar-refractivity contribution in [1.82, 2.24) is 0 Å². The van der Waals surface area contributed by atoms with E-state index in [1.54, 1.807) is 6.92 Å². The topological polar surface area (TPSA) is 102 Å². The zero-order valence-electron chi connectivity index (χ0n) is 21.0. The first-order valence-electron chi connectivity index (χ1n) is 13.0. The summed E-state index contributed by atoms with van der Waals surface area (Å²) in [5.74, 6) is -2.25. The smallest absolute Gasteiger partial charge is 0.334 e. The Morgan fingerprint density at radius 3 is 2.60 bits per heavy atom. The van der Waals surface area contributed by atoms with Gasteiger partial charge in [-0.3, -0.25) is 4.79 Å². The average molecular weight is 485 g/mol. The molecule has 4 aliphatic heterocycles. The highest BCUT2D eigenvalue weighted by Crippen LogP contribution is 2.64. The van der Waals surface area contributed by atoms with Gasteiger partial charge in [-0.15, -0.1) is 0 Å². The molecule has 0 aromatic carbocycles. The van der Waals surface area contributed by atoms with Crippen LogP contribution < -0.4 is 0 Å². The maximum absolute atomic E-state index is 13.3. The van der Waals surface area contributed by atoms with Crippen LogP contribution >= 0.6 is 0 Å². The van der Waals surface area contributed by atoms with Crippen LogP contribution in [0.4, 0.5) is 0 Å². The minimum atomic E-state index is -1.46. The summed E-state index contributed by atoms with van der Waals surface area (Å²) in [7, 11) is 0. The lowest BCUT2D eigenvalue weighted by Gasteiger charge is -2.53. The summed E-state index contributed by atoms with van der Waals surface area (Å²) >= 11 is 0. The van der Waals surface area contributed by atoms with Gasteiger partial charge in [0, 0.05) is 36.7 Å². The van der Waals surface area contributed by atoms with E-state index < -0.39 is 34.8 Å². The lowest BCUT2D eigenvalue weighted by atomic mass is 9.55. The van der Waals surface area contributed by atoms with Gasteiger partial charge in [0.1, 0.15) is 23.1 Å². The fourth-order valence-corrected chi connectivity index (χ4v) is 8.29. The van der Waals surface area contributed by atoms with E-state index in [-0.39, 0.29) is 29.5 Å². The van der Waals surface area contributed by atoms with Crippen LogP contribution in [0.2, 0.25) is 0 Å². The van der Waals surface area contributed by atoms with Gasteiger partial charge in [0.25, 0.3) is 0 Å². The van der Waals surface area contributed by atoms with Gasteiger partial charge in [0.05, 0.1) is 5.41 Å². The first-order chi connectivity index (χ1) is 16.5. The number of fused-ring (bicyclic) bond motifs is 5. The van der Waals surface area contributed by atoms with Crippen molar-refractivity contribution < 1.29 is 34.0 Å². The minimum absolute atomic E-state index is 0.0949. The highest BCUT2D eigenvalue weighted by Gasteiger charge is 2.72. The fraction of sp³-hybridized carbons (Fsp3) is 0.714. The Morgan fingerprint density at radius 2 is 1.86 bits per heavy atom. The zero-order chi connectivity index (χ0) is 25.0. The molecular weight excluding hydrogens is 448 g/mol. The highest BCUT2D eigenvalue weighted by atomic mass is 16.7. The number of ether oxygens (including phenoxy) is 3. The van der Waals surface area contributed by atoms with E-state index in [0.29, 0.717) is 50.5 Å². The highest BCUT2D eigenvalue weighted by molar-refractivity contribution is 5.91. The van der Waals surface area contributed by atoms with E-state index in [4.69, 9.17) is 14.2 Å². The summed E-state index contributed by atoms with van der Waals surface area (Å²) in [5.41, 5.74) is -0.143. The monoisotopic (exact) mass is 484 g/mol. The molecule has 2 aliphatic carbocycles. The first-order valence-corrected chi connectivity index (χ1v) is 13.0. The quantitative estimate of drug-likeness (QED) is 0.549. The van der Waals surface area contributed by atoms with Crippen molar-refractivity contribution in [2.24, 2.45) is 23.2 Å². The molecule has 35 heavy (non-hydrogen) atoms. The normalized spacial score (nSPS) is 51.1. The van der Waals surface area contributed by atoms with Gasteiger partial charge in [-0.1, -0.05) is 23.8 Å². The molecule has 0 amide bonds. The molecule has 6 aliphatic rings. The molecule has 3 saturated heterocycles. The van der Waals surface area contributed by atoms with E-state index in [0.717, 1.165) is 11.1 Å². The lowest BCUT2D eigenvalue weighted by molar-refractivity contribution is -0.346. The third-order valence-corrected chi connectivity index (χ3v) is 10.6. The van der Waals surface area contributed by atoms with Crippen LogP contribution in [0.3, 0.4) is 0 Å². The Bertz CT molecular complexity index is 1090. The molecule has 0 aromatic rings. The van der Waals surface area contributed by atoms with Crippen molar-refractivity contribution in [2.45, 2.75) is 102 Å². The third kappa shape index (κ3) is 2.93. The molecule has 3 fully saturated rings. The van der Waals surface area contributed by atoms with E-state index in [2.05, 4.69) is 12.2 Å². The number of cyclic esters (lactones) is 1. The molecule has 190 valence electrons. The molecule has 2 N–H and O–H groups in total. The molecule has 9 unspecified atom stereocenters. The second-order valence-corrected chi connectivity index (χ2v) is 12.0. The Balaban J connectivity index is 1.38. The van der Waals surface area contributed by atoms with E-state index in [1.807, 2.05) is 26.8 Å². The standard InChI is InChI=1S/C28H36O7/c1-15-14-22(33-23(30)16(15)2)26(4)20-11-13-28(32)19-9-8-17-6-5-7-21(29)25(17,3)18(19)10-12-27(20,35-28)24(31)34-26/h5-6,8,18-20,22,24,31-32H,7,9-14H2,1-4H3. The van der Waals surface area contributed by atoms with Gasteiger partial charge < -0.3 is 24.4 Å². The van der Waals surface area contributed by atoms with Crippen LogP contribution in [0.1, 0.15) is 72.6 Å². The molecule has 0 radical (unpaired) electrons. The van der Waals surface area contributed by atoms with Crippen molar-refractivity contribution in [3.8, 4) is 0 Å². The lowest BCUT2D eigenvalue weighted by Crippen LogP contribution is -2.62. The molecule has 9 atom stereocenters. The predicted molar refractivity (Wildman–Crippen MR) is 126 cm³/mol. The van der Waals surface area contributed by atoms with Crippen LogP contribution in [-0.2, 0) is 23.8 Å². The molecular formula is C28H36O7. The van der Waals surface area contributed by atoms with Gasteiger partial charge in [-0.25, -0.2) is 4.79 Å². The van der Waals surface area contributed by atoms with Gasteiger partial charge >= 0.3 is 5.97 Å². The van der Waals surface area contributed by atoms with Crippen molar-refractivity contribution in [3.63, 3.8) is 0 Å². The number of carbonyl (C=O) groups excluding carboxylic acids is 2. The van der Waals surface area contributed by atoms with Crippen LogP contribution in [0.5, 0.6) is 0 Å². The van der Waals surface area contributed by atoms with Crippen molar-refractivity contribution in [3.05, 3.63) is 34.9 Å². The molecule has 6 rings (SSSR count). The van der Waals surface area contributed by atoms with Crippen LogP contribution in [-0.4, -0.2) is 51.3 Å². The number of esters is 1. The average Bonchev–Trinajstić information content (AvgIpc) is 2.96. The second kappa shape index (κ2) is 7.37. The predicted octanol–water partition coefficient (Wildman–Crippen LogP) is 3.49. The summed E-state index contributed by atoms with van der Waals surface area (Å²) in [5, 5.41) is 23.4. The molecule has 7 heteroatoms. The zero-order valence-corrected chi connectivity index (χ0v) is 21.0. The number of allylic oxidation sites excluding steroid dienone is 4. The van der Waals surface area contributed by atoms with E-state index in [9.17, 15) is 19.8 Å². The maximum Gasteiger partial charge on any atom is 0.334 e. The molecule has 7 nitrogen and oxygen atoms in total. The van der Waals surface area contributed by atoms with Crippen molar-refractivity contribution in [2.75, 3.05) is 0 Å². The molecule has 0 aromatic heterocycles. The largest absolute Gasteiger partial charge is 0.456 e. The van der Waals surface area contributed by atoms with Gasteiger partial charge in [-0.05, 0) is 64.9 Å². The Hall–Kier alpha value is -1.80. The Morgan fingerprint density at radius 1 is 1.09 bits per heavy atom. The molecule has 4 heterocycles. The summed E-state index contributed by atoms with van der Waals surface area (Å²) in [6.07, 6.45) is 7.87. The number of ketones is 1.